The predicted octanol–water partition coefficient (Wildman–Crippen LogP) is 6.82. The van der Waals surface area contributed by atoms with Crippen LogP contribution in [0.2, 0.25) is 0 Å². The zero-order valence-electron chi connectivity index (χ0n) is 22.5. The molecule has 0 aromatic carbocycles. The molecule has 1 N–H and O–H groups in total. The third-order valence-electron chi connectivity index (χ3n) is 6.48. The van der Waals surface area contributed by atoms with Gasteiger partial charge >= 0.3 is 11.9 Å². The molecular formula is C29H52O6. The Morgan fingerprint density at radius 2 is 1.43 bits per heavy atom. The molecule has 0 spiro atoms. The average Bonchev–Trinajstić information content (AvgIpc) is 3.60. The summed E-state index contributed by atoms with van der Waals surface area (Å²) in [5.74, 6) is -0.629. The maximum absolute atomic E-state index is 11.9. The van der Waals surface area contributed by atoms with Crippen molar-refractivity contribution in [3.8, 4) is 0 Å². The van der Waals surface area contributed by atoms with Crippen molar-refractivity contribution in [1.82, 2.24) is 0 Å². The van der Waals surface area contributed by atoms with Gasteiger partial charge in [-0.05, 0) is 38.5 Å². The smallest absolute Gasteiger partial charge is 0.306 e. The van der Waals surface area contributed by atoms with Crippen molar-refractivity contribution in [2.24, 2.45) is 0 Å². The van der Waals surface area contributed by atoms with Gasteiger partial charge in [0.2, 0.25) is 0 Å². The van der Waals surface area contributed by atoms with Crippen molar-refractivity contribution < 1.29 is 28.9 Å². The molecule has 1 saturated heterocycles. The fraction of sp³-hybridized carbons (Fsp3) is 0.862. The lowest BCUT2D eigenvalue weighted by atomic mass is 10.1. The maximum atomic E-state index is 11.9. The number of unbranched alkanes of at least 4 members (excludes halogenated alkanes) is 11. The summed E-state index contributed by atoms with van der Waals surface area (Å²) in [6.07, 6.45) is 23.2. The van der Waals surface area contributed by atoms with Crippen LogP contribution < -0.4 is 0 Å². The zero-order chi connectivity index (χ0) is 25.6. The van der Waals surface area contributed by atoms with Crippen LogP contribution in [0.1, 0.15) is 129 Å². The van der Waals surface area contributed by atoms with E-state index in [1.54, 1.807) is 0 Å². The zero-order valence-corrected chi connectivity index (χ0v) is 22.5. The van der Waals surface area contributed by atoms with Gasteiger partial charge in [0.1, 0.15) is 6.61 Å². The predicted molar refractivity (Wildman–Crippen MR) is 140 cm³/mol. The molecule has 0 saturated carbocycles. The first-order valence-corrected chi connectivity index (χ1v) is 14.4. The van der Waals surface area contributed by atoms with E-state index in [0.29, 0.717) is 25.0 Å². The van der Waals surface area contributed by atoms with Crippen molar-refractivity contribution >= 4 is 11.9 Å². The van der Waals surface area contributed by atoms with E-state index < -0.39 is 6.10 Å². The Morgan fingerprint density at radius 1 is 0.800 bits per heavy atom. The molecule has 0 amide bonds. The Morgan fingerprint density at radius 3 is 2.14 bits per heavy atom. The molecule has 2 unspecified atom stereocenters. The lowest BCUT2D eigenvalue weighted by molar-refractivity contribution is -0.161. The number of allylic oxidation sites excluding steroid dienone is 1. The van der Waals surface area contributed by atoms with E-state index >= 15 is 0 Å². The van der Waals surface area contributed by atoms with E-state index in [1.807, 2.05) is 0 Å². The fourth-order valence-corrected chi connectivity index (χ4v) is 4.15. The van der Waals surface area contributed by atoms with Crippen molar-refractivity contribution in [3.63, 3.8) is 0 Å². The SMILES string of the molecule is CCCCCCCC(=O)O[C@@H](CO)COC(=O)CCCCCCC/C=C\CC1OC1CCCCC. The van der Waals surface area contributed by atoms with Crippen molar-refractivity contribution in [1.29, 1.82) is 0 Å². The van der Waals surface area contributed by atoms with Gasteiger partial charge in [0.15, 0.2) is 6.10 Å². The number of hydrogen-bond donors (Lipinski definition) is 1. The van der Waals surface area contributed by atoms with E-state index in [-0.39, 0.29) is 25.2 Å². The Hall–Kier alpha value is -1.40. The van der Waals surface area contributed by atoms with Crippen LogP contribution in [-0.4, -0.2) is 48.6 Å². The second-order valence-corrected chi connectivity index (χ2v) is 9.86. The Bertz CT molecular complexity index is 561. The normalized spacial score (nSPS) is 18.0. The average molecular weight is 497 g/mol. The molecule has 1 rings (SSSR count). The molecule has 0 radical (unpaired) electrons. The third-order valence-corrected chi connectivity index (χ3v) is 6.48. The molecule has 6 nitrogen and oxygen atoms in total. The number of epoxide rings is 1. The maximum Gasteiger partial charge on any atom is 0.306 e. The number of aliphatic hydroxyl groups is 1. The molecule has 6 heteroatoms. The summed E-state index contributed by atoms with van der Waals surface area (Å²) in [5.41, 5.74) is 0. The van der Waals surface area contributed by atoms with E-state index in [0.717, 1.165) is 57.8 Å². The highest BCUT2D eigenvalue weighted by atomic mass is 16.6. The van der Waals surface area contributed by atoms with Crippen LogP contribution in [0.15, 0.2) is 12.2 Å². The number of rotatable bonds is 24. The van der Waals surface area contributed by atoms with Gasteiger partial charge < -0.3 is 19.3 Å². The van der Waals surface area contributed by atoms with Crippen LogP contribution in [0, 0.1) is 0 Å². The molecule has 1 aliphatic heterocycles. The lowest BCUT2D eigenvalue weighted by Crippen LogP contribution is -2.28. The summed E-state index contributed by atoms with van der Waals surface area (Å²) >= 11 is 0. The monoisotopic (exact) mass is 496 g/mol. The van der Waals surface area contributed by atoms with Crippen LogP contribution in [0.4, 0.5) is 0 Å². The molecule has 1 fully saturated rings. The molecule has 204 valence electrons. The first-order valence-electron chi connectivity index (χ1n) is 14.4. The summed E-state index contributed by atoms with van der Waals surface area (Å²) in [4.78, 5) is 23.8. The summed E-state index contributed by atoms with van der Waals surface area (Å²) in [6, 6.07) is 0. The molecule has 1 aliphatic rings. The van der Waals surface area contributed by atoms with Crippen molar-refractivity contribution in [3.05, 3.63) is 12.2 Å². The Kier molecular flexibility index (Phi) is 19.7. The number of carbonyl (C=O) groups excluding carboxylic acids is 2. The highest BCUT2D eigenvalue weighted by Gasteiger charge is 2.36. The molecule has 0 aliphatic carbocycles. The van der Waals surface area contributed by atoms with E-state index in [1.165, 1.54) is 44.9 Å². The van der Waals surface area contributed by atoms with Crippen LogP contribution in [0.5, 0.6) is 0 Å². The van der Waals surface area contributed by atoms with Crippen LogP contribution in [-0.2, 0) is 23.8 Å². The highest BCUT2D eigenvalue weighted by Crippen LogP contribution is 2.30. The Balaban J connectivity index is 1.92. The second kappa shape index (κ2) is 21.8. The van der Waals surface area contributed by atoms with Gasteiger partial charge in [-0.1, -0.05) is 90.2 Å². The minimum Gasteiger partial charge on any atom is -0.462 e. The third kappa shape index (κ3) is 18.5. The largest absolute Gasteiger partial charge is 0.462 e. The Labute approximate surface area is 214 Å². The van der Waals surface area contributed by atoms with Gasteiger partial charge in [-0.3, -0.25) is 9.59 Å². The minimum absolute atomic E-state index is 0.0748. The first kappa shape index (κ1) is 31.6. The van der Waals surface area contributed by atoms with Crippen LogP contribution in [0.25, 0.3) is 0 Å². The van der Waals surface area contributed by atoms with Gasteiger partial charge in [0.25, 0.3) is 0 Å². The molecule has 1 heterocycles. The summed E-state index contributed by atoms with van der Waals surface area (Å²) in [7, 11) is 0. The van der Waals surface area contributed by atoms with E-state index in [2.05, 4.69) is 26.0 Å². The lowest BCUT2D eigenvalue weighted by Gasteiger charge is -2.15. The van der Waals surface area contributed by atoms with E-state index in [4.69, 9.17) is 14.2 Å². The van der Waals surface area contributed by atoms with Gasteiger partial charge in [-0.15, -0.1) is 0 Å². The quantitative estimate of drug-likeness (QED) is 0.0683. The molecule has 0 aromatic heterocycles. The van der Waals surface area contributed by atoms with E-state index in [9.17, 15) is 14.7 Å². The van der Waals surface area contributed by atoms with Gasteiger partial charge in [-0.2, -0.15) is 0 Å². The first-order chi connectivity index (χ1) is 17.1. The molecule has 0 bridgehead atoms. The molecule has 35 heavy (non-hydrogen) atoms. The summed E-state index contributed by atoms with van der Waals surface area (Å²) in [5, 5.41) is 9.38. The number of aliphatic hydroxyl groups excluding tert-OH is 1. The molecule has 3 atom stereocenters. The topological polar surface area (TPSA) is 85.4 Å². The number of esters is 2. The van der Waals surface area contributed by atoms with Gasteiger partial charge in [0, 0.05) is 12.8 Å². The highest BCUT2D eigenvalue weighted by molar-refractivity contribution is 5.70. The minimum atomic E-state index is -0.770. The molecule has 0 aromatic rings. The van der Waals surface area contributed by atoms with Gasteiger partial charge in [-0.25, -0.2) is 0 Å². The van der Waals surface area contributed by atoms with Crippen LogP contribution >= 0.6 is 0 Å². The summed E-state index contributed by atoms with van der Waals surface area (Å²) in [6.45, 7) is 3.97. The van der Waals surface area contributed by atoms with Crippen molar-refractivity contribution in [2.45, 2.75) is 148 Å². The number of hydrogen-bond acceptors (Lipinski definition) is 6. The number of ether oxygens (including phenoxy) is 3. The fourth-order valence-electron chi connectivity index (χ4n) is 4.15. The van der Waals surface area contributed by atoms with Crippen LogP contribution in [0.3, 0.4) is 0 Å². The standard InChI is InChI=1S/C29H52O6/c1-3-5-7-12-18-22-29(32)34-25(23-30)24-33-28(31)21-17-14-11-9-8-10-13-16-20-27-26(35-27)19-15-6-4-2/h13,16,25-27,30H,3-12,14-15,17-24H2,1-2H3/b16-13-/t25-,26?,27?/m0/s1. The van der Waals surface area contributed by atoms with Crippen molar-refractivity contribution in [2.75, 3.05) is 13.2 Å². The number of carbonyl (C=O) groups is 2. The second-order valence-electron chi connectivity index (χ2n) is 9.86. The summed E-state index contributed by atoms with van der Waals surface area (Å²) < 4.78 is 16.1. The van der Waals surface area contributed by atoms with Gasteiger partial charge in [0.05, 0.1) is 18.8 Å². The molecular weight excluding hydrogens is 444 g/mol.